The second kappa shape index (κ2) is 12.1. The van der Waals surface area contributed by atoms with Gasteiger partial charge in [0, 0.05) is 40.3 Å². The van der Waals surface area contributed by atoms with Gasteiger partial charge in [-0.15, -0.1) is 0 Å². The van der Waals surface area contributed by atoms with Gasteiger partial charge in [0.25, 0.3) is 0 Å². The Labute approximate surface area is 288 Å². The van der Waals surface area contributed by atoms with Crippen LogP contribution in [0.15, 0.2) is 151 Å². The minimum atomic E-state index is 0.467. The third-order valence-corrected chi connectivity index (χ3v) is 10.7. The standard InChI is InChI=1S/C47H40N2/c1-32-15-14-24-39-42(27-26-36(46(32)39)29-33-16-6-3-7-17-33)49-43-28-25-35-20-12-13-23-38(35)47(43)41-31-44(48(2)37-21-10-5-11-22-37)40(30-45(41)49)34-18-8-4-9-19-34/h3-6,8-14,16,18-28,30-32H,7,15,17,29H2,1-2H3. The molecular formula is C47H40N2. The molecule has 2 aliphatic rings. The van der Waals surface area contributed by atoms with Gasteiger partial charge in [-0.25, -0.2) is 0 Å². The minimum Gasteiger partial charge on any atom is -0.344 e. The summed E-state index contributed by atoms with van der Waals surface area (Å²) < 4.78 is 2.56. The third-order valence-electron chi connectivity index (χ3n) is 10.7. The molecular weight excluding hydrogens is 593 g/mol. The molecule has 2 heteroatoms. The van der Waals surface area contributed by atoms with Gasteiger partial charge in [-0.1, -0.05) is 128 Å². The van der Waals surface area contributed by atoms with Gasteiger partial charge in [0.05, 0.1) is 16.7 Å². The molecule has 1 heterocycles. The van der Waals surface area contributed by atoms with Crippen LogP contribution in [-0.4, -0.2) is 11.6 Å². The molecule has 0 N–H and O–H groups in total. The number of aromatic nitrogens is 1. The average Bonchev–Trinajstić information content (AvgIpc) is 3.49. The van der Waals surface area contributed by atoms with Crippen LogP contribution in [0, 0.1) is 0 Å². The summed E-state index contributed by atoms with van der Waals surface area (Å²) in [5.74, 6) is 0.467. The van der Waals surface area contributed by atoms with E-state index >= 15 is 0 Å². The van der Waals surface area contributed by atoms with Crippen LogP contribution in [0.1, 0.15) is 48.8 Å². The summed E-state index contributed by atoms with van der Waals surface area (Å²) in [4.78, 5) is 2.34. The molecule has 2 aliphatic carbocycles. The molecule has 7 aromatic rings. The van der Waals surface area contributed by atoms with Crippen molar-refractivity contribution in [2.45, 2.75) is 38.5 Å². The van der Waals surface area contributed by atoms with Gasteiger partial charge in [0.1, 0.15) is 0 Å². The Hall–Kier alpha value is -5.60. The summed E-state index contributed by atoms with van der Waals surface area (Å²) in [5, 5.41) is 5.13. The van der Waals surface area contributed by atoms with E-state index in [0.717, 1.165) is 25.7 Å². The monoisotopic (exact) mass is 632 g/mol. The number of benzene rings is 6. The molecule has 0 amide bonds. The molecule has 9 rings (SSSR count). The highest BCUT2D eigenvalue weighted by Crippen LogP contribution is 2.46. The van der Waals surface area contributed by atoms with Crippen molar-refractivity contribution in [3.8, 4) is 16.8 Å². The van der Waals surface area contributed by atoms with Crippen LogP contribution in [-0.2, 0) is 6.42 Å². The molecule has 2 nitrogen and oxygen atoms in total. The number of hydrogen-bond acceptors (Lipinski definition) is 1. The van der Waals surface area contributed by atoms with E-state index in [9.17, 15) is 0 Å². The maximum atomic E-state index is 2.56. The van der Waals surface area contributed by atoms with E-state index in [1.807, 2.05) is 0 Å². The van der Waals surface area contributed by atoms with Crippen molar-refractivity contribution in [3.05, 3.63) is 168 Å². The number of hydrogen-bond donors (Lipinski definition) is 0. The summed E-state index contributed by atoms with van der Waals surface area (Å²) in [6.07, 6.45) is 16.0. The van der Waals surface area contributed by atoms with E-state index in [1.165, 1.54) is 83.0 Å². The molecule has 0 saturated heterocycles. The summed E-state index contributed by atoms with van der Waals surface area (Å²) in [5.41, 5.74) is 14.4. The normalized spacial score (nSPS) is 15.6. The fourth-order valence-electron chi connectivity index (χ4n) is 8.33. The van der Waals surface area contributed by atoms with Gasteiger partial charge in [-0.05, 0) is 95.5 Å². The number of fused-ring (bicyclic) bond motifs is 6. The first-order valence-electron chi connectivity index (χ1n) is 17.7. The van der Waals surface area contributed by atoms with Crippen molar-refractivity contribution in [1.29, 1.82) is 0 Å². The van der Waals surface area contributed by atoms with Crippen molar-refractivity contribution in [3.63, 3.8) is 0 Å². The first-order valence-corrected chi connectivity index (χ1v) is 17.7. The van der Waals surface area contributed by atoms with Gasteiger partial charge >= 0.3 is 0 Å². The van der Waals surface area contributed by atoms with E-state index < -0.39 is 0 Å². The summed E-state index contributed by atoms with van der Waals surface area (Å²) in [6.45, 7) is 2.41. The van der Waals surface area contributed by atoms with Crippen molar-refractivity contribution < 1.29 is 0 Å². The summed E-state index contributed by atoms with van der Waals surface area (Å²) in [6, 6.07) is 44.8. The van der Waals surface area contributed by atoms with E-state index in [4.69, 9.17) is 0 Å². The van der Waals surface area contributed by atoms with Crippen LogP contribution < -0.4 is 4.90 Å². The molecule has 0 radical (unpaired) electrons. The topological polar surface area (TPSA) is 8.17 Å². The largest absolute Gasteiger partial charge is 0.344 e. The Morgan fingerprint density at radius 3 is 2.37 bits per heavy atom. The van der Waals surface area contributed by atoms with Crippen LogP contribution in [0.5, 0.6) is 0 Å². The summed E-state index contributed by atoms with van der Waals surface area (Å²) in [7, 11) is 2.19. The van der Waals surface area contributed by atoms with Gasteiger partial charge in [-0.2, -0.15) is 0 Å². The highest BCUT2D eigenvalue weighted by atomic mass is 15.1. The molecule has 0 fully saturated rings. The molecule has 0 saturated carbocycles. The van der Waals surface area contributed by atoms with Crippen molar-refractivity contribution in [2.24, 2.45) is 0 Å². The Morgan fingerprint density at radius 1 is 0.755 bits per heavy atom. The third kappa shape index (κ3) is 5.02. The predicted octanol–water partition coefficient (Wildman–Crippen LogP) is 12.7. The maximum absolute atomic E-state index is 2.56. The van der Waals surface area contributed by atoms with Crippen LogP contribution >= 0.6 is 0 Å². The Balaban J connectivity index is 1.37. The molecule has 6 aromatic carbocycles. The summed E-state index contributed by atoms with van der Waals surface area (Å²) >= 11 is 0. The van der Waals surface area contributed by atoms with Gasteiger partial charge < -0.3 is 9.47 Å². The molecule has 1 atom stereocenters. The Morgan fingerprint density at radius 2 is 1.55 bits per heavy atom. The zero-order valence-electron chi connectivity index (χ0n) is 28.2. The van der Waals surface area contributed by atoms with Crippen LogP contribution in [0.3, 0.4) is 0 Å². The van der Waals surface area contributed by atoms with Gasteiger partial charge in [0.2, 0.25) is 0 Å². The molecule has 238 valence electrons. The highest BCUT2D eigenvalue weighted by Gasteiger charge is 2.25. The smallest absolute Gasteiger partial charge is 0.0549 e. The Kier molecular flexibility index (Phi) is 7.31. The first kappa shape index (κ1) is 29.5. The van der Waals surface area contributed by atoms with E-state index in [-0.39, 0.29) is 0 Å². The lowest BCUT2D eigenvalue weighted by atomic mass is 9.81. The first-order chi connectivity index (χ1) is 24.2. The Bertz CT molecular complexity index is 2460. The lowest BCUT2D eigenvalue weighted by Gasteiger charge is -2.26. The van der Waals surface area contributed by atoms with Crippen LogP contribution in [0.25, 0.3) is 55.5 Å². The second-order valence-corrected chi connectivity index (χ2v) is 13.7. The molecule has 1 aromatic heterocycles. The lowest BCUT2D eigenvalue weighted by Crippen LogP contribution is -2.11. The number of nitrogens with zero attached hydrogens (tertiary/aromatic N) is 2. The SMILES string of the molecule is CC1CC=Cc2c(-n3c4cc(-c5ccccc5)c(N(C)c5ccccc5)cc4c4c5ccccc5ccc43)ccc(CC3=CC=CCC3)c21. The molecule has 49 heavy (non-hydrogen) atoms. The quantitative estimate of drug-likeness (QED) is 0.177. The van der Waals surface area contributed by atoms with E-state index in [0.29, 0.717) is 5.92 Å². The van der Waals surface area contributed by atoms with Crippen molar-refractivity contribution in [1.82, 2.24) is 4.57 Å². The minimum absolute atomic E-state index is 0.467. The average molecular weight is 633 g/mol. The number of rotatable bonds is 6. The van der Waals surface area contributed by atoms with Crippen LogP contribution in [0.2, 0.25) is 0 Å². The molecule has 1 unspecified atom stereocenters. The van der Waals surface area contributed by atoms with Gasteiger partial charge in [0.15, 0.2) is 0 Å². The number of para-hydroxylation sites is 1. The molecule has 0 bridgehead atoms. The van der Waals surface area contributed by atoms with Crippen LogP contribution in [0.4, 0.5) is 11.4 Å². The number of allylic oxidation sites excluding steroid dienone is 5. The van der Waals surface area contributed by atoms with Crippen molar-refractivity contribution >= 4 is 50.0 Å². The second-order valence-electron chi connectivity index (χ2n) is 13.7. The fraction of sp³-hybridized carbons (Fsp3) is 0.149. The zero-order valence-corrected chi connectivity index (χ0v) is 28.2. The highest BCUT2D eigenvalue weighted by molar-refractivity contribution is 6.22. The fourth-order valence-corrected chi connectivity index (χ4v) is 8.33. The number of anilines is 2. The maximum Gasteiger partial charge on any atom is 0.0549 e. The van der Waals surface area contributed by atoms with E-state index in [1.54, 1.807) is 0 Å². The predicted molar refractivity (Wildman–Crippen MR) is 210 cm³/mol. The molecule has 0 spiro atoms. The lowest BCUT2D eigenvalue weighted by molar-refractivity contribution is 0.754. The van der Waals surface area contributed by atoms with Gasteiger partial charge in [-0.3, -0.25) is 0 Å². The van der Waals surface area contributed by atoms with Crippen molar-refractivity contribution in [2.75, 3.05) is 11.9 Å². The molecule has 0 aliphatic heterocycles. The zero-order chi connectivity index (χ0) is 32.9. The van der Waals surface area contributed by atoms with E-state index in [2.05, 4.69) is 175 Å².